The molecule has 0 heterocycles. The lowest BCUT2D eigenvalue weighted by Gasteiger charge is -2.10. The van der Waals surface area contributed by atoms with Crippen molar-refractivity contribution in [2.45, 2.75) is 0 Å². The van der Waals surface area contributed by atoms with Gasteiger partial charge in [0.05, 0.1) is 5.02 Å². The van der Waals surface area contributed by atoms with E-state index < -0.39 is 11.8 Å². The van der Waals surface area contributed by atoms with Gasteiger partial charge >= 0.3 is 5.97 Å². The van der Waals surface area contributed by atoms with Gasteiger partial charge in [-0.25, -0.2) is 9.18 Å². The highest BCUT2D eigenvalue weighted by Gasteiger charge is 2.15. The largest absolute Gasteiger partial charge is 0.478 e. The molecule has 0 spiro atoms. The van der Waals surface area contributed by atoms with Crippen LogP contribution in [0.15, 0.2) is 36.4 Å². The number of ether oxygens (including phenoxy) is 1. The zero-order chi connectivity index (χ0) is 14.0. The maximum absolute atomic E-state index is 13.7. The van der Waals surface area contributed by atoms with Gasteiger partial charge in [0.25, 0.3) is 0 Å². The maximum atomic E-state index is 13.7. The van der Waals surface area contributed by atoms with Crippen molar-refractivity contribution in [1.82, 2.24) is 0 Å². The molecule has 0 aromatic heterocycles. The highest BCUT2D eigenvalue weighted by atomic mass is 35.5. The summed E-state index contributed by atoms with van der Waals surface area (Å²) in [6.45, 7) is 0. The van der Waals surface area contributed by atoms with Crippen LogP contribution >= 0.6 is 23.2 Å². The molecule has 0 aliphatic heterocycles. The number of aromatic carboxylic acids is 1. The summed E-state index contributed by atoms with van der Waals surface area (Å²) < 4.78 is 18.9. The van der Waals surface area contributed by atoms with Crippen molar-refractivity contribution in [3.05, 3.63) is 57.8 Å². The molecule has 6 heteroatoms. The van der Waals surface area contributed by atoms with Crippen LogP contribution in [0.2, 0.25) is 10.0 Å². The molecule has 0 radical (unpaired) electrons. The van der Waals surface area contributed by atoms with E-state index in [4.69, 9.17) is 33.0 Å². The van der Waals surface area contributed by atoms with Crippen LogP contribution in [0.4, 0.5) is 4.39 Å². The zero-order valence-electron chi connectivity index (χ0n) is 9.36. The highest BCUT2D eigenvalue weighted by Crippen LogP contribution is 2.32. The van der Waals surface area contributed by atoms with Gasteiger partial charge in [0.2, 0.25) is 0 Å². The summed E-state index contributed by atoms with van der Waals surface area (Å²) in [7, 11) is 0. The van der Waals surface area contributed by atoms with Crippen molar-refractivity contribution >= 4 is 29.2 Å². The highest BCUT2D eigenvalue weighted by molar-refractivity contribution is 6.31. The predicted octanol–water partition coefficient (Wildman–Crippen LogP) is 4.62. The van der Waals surface area contributed by atoms with Crippen LogP contribution in [-0.4, -0.2) is 11.1 Å². The number of halogens is 3. The van der Waals surface area contributed by atoms with Crippen molar-refractivity contribution in [3.8, 4) is 11.5 Å². The predicted molar refractivity (Wildman–Crippen MR) is 69.9 cm³/mol. The Morgan fingerprint density at radius 3 is 2.58 bits per heavy atom. The van der Waals surface area contributed by atoms with Crippen molar-refractivity contribution in [2.24, 2.45) is 0 Å². The molecule has 0 fully saturated rings. The third kappa shape index (κ3) is 2.97. The van der Waals surface area contributed by atoms with Crippen molar-refractivity contribution < 1.29 is 19.0 Å². The molecular weight excluding hydrogens is 294 g/mol. The van der Waals surface area contributed by atoms with Crippen LogP contribution in [-0.2, 0) is 0 Å². The number of benzene rings is 2. The van der Waals surface area contributed by atoms with Crippen molar-refractivity contribution in [1.29, 1.82) is 0 Å². The fraction of sp³-hybridized carbons (Fsp3) is 0. The minimum Gasteiger partial charge on any atom is -0.478 e. The molecule has 0 bridgehead atoms. The normalized spacial score (nSPS) is 10.3. The molecule has 0 amide bonds. The Hall–Kier alpha value is -1.78. The number of carboxylic acids is 1. The quantitative estimate of drug-likeness (QED) is 0.899. The summed E-state index contributed by atoms with van der Waals surface area (Å²) >= 11 is 11.4. The van der Waals surface area contributed by atoms with Gasteiger partial charge in [-0.1, -0.05) is 29.3 Å². The fourth-order valence-electron chi connectivity index (χ4n) is 1.44. The second-order valence-corrected chi connectivity index (χ2v) is 4.44. The Labute approximate surface area is 118 Å². The third-order valence-electron chi connectivity index (χ3n) is 2.31. The summed E-state index contributed by atoms with van der Waals surface area (Å²) in [6, 6.07) is 8.18. The van der Waals surface area contributed by atoms with Crippen molar-refractivity contribution in [2.75, 3.05) is 0 Å². The lowest BCUT2D eigenvalue weighted by molar-refractivity contribution is 0.0694. The van der Waals surface area contributed by atoms with E-state index in [9.17, 15) is 9.18 Å². The molecule has 2 aromatic carbocycles. The summed E-state index contributed by atoms with van der Waals surface area (Å²) in [4.78, 5) is 11.0. The van der Waals surface area contributed by atoms with Gasteiger partial charge in [0, 0.05) is 11.1 Å². The molecule has 0 saturated carbocycles. The fourth-order valence-corrected chi connectivity index (χ4v) is 1.77. The van der Waals surface area contributed by atoms with Gasteiger partial charge < -0.3 is 9.84 Å². The van der Waals surface area contributed by atoms with E-state index in [2.05, 4.69) is 0 Å². The monoisotopic (exact) mass is 300 g/mol. The summed E-state index contributed by atoms with van der Waals surface area (Å²) in [5.41, 5.74) is -0.122. The van der Waals surface area contributed by atoms with E-state index in [1.54, 1.807) is 0 Å². The molecule has 3 nitrogen and oxygen atoms in total. The first-order chi connectivity index (χ1) is 8.99. The first kappa shape index (κ1) is 13.6. The van der Waals surface area contributed by atoms with Gasteiger partial charge in [-0.05, 0) is 24.3 Å². The molecule has 2 aromatic rings. The third-order valence-corrected chi connectivity index (χ3v) is 2.84. The van der Waals surface area contributed by atoms with Crippen molar-refractivity contribution in [3.63, 3.8) is 0 Å². The molecule has 0 aliphatic rings. The lowest BCUT2D eigenvalue weighted by atomic mass is 10.2. The van der Waals surface area contributed by atoms with Crippen LogP contribution in [0.5, 0.6) is 11.5 Å². The second kappa shape index (κ2) is 5.47. The van der Waals surface area contributed by atoms with Crippen LogP contribution in [0, 0.1) is 5.82 Å². The van der Waals surface area contributed by atoms with Gasteiger partial charge in [0.1, 0.15) is 11.3 Å². The Bertz CT molecular complexity index is 644. The Balaban J connectivity index is 2.45. The molecule has 2 rings (SSSR count). The van der Waals surface area contributed by atoms with Crippen LogP contribution in [0.3, 0.4) is 0 Å². The molecule has 98 valence electrons. The second-order valence-electron chi connectivity index (χ2n) is 3.60. The smallest absolute Gasteiger partial charge is 0.339 e. The van der Waals surface area contributed by atoms with E-state index >= 15 is 0 Å². The van der Waals surface area contributed by atoms with E-state index in [0.29, 0.717) is 0 Å². The van der Waals surface area contributed by atoms with Gasteiger partial charge in [-0.15, -0.1) is 0 Å². The van der Waals surface area contributed by atoms with E-state index in [0.717, 1.165) is 0 Å². The summed E-state index contributed by atoms with van der Waals surface area (Å²) in [5.74, 6) is -2.19. The summed E-state index contributed by atoms with van der Waals surface area (Å²) in [6.07, 6.45) is 0. The number of hydrogen-bond donors (Lipinski definition) is 1. The van der Waals surface area contributed by atoms with Gasteiger partial charge in [-0.3, -0.25) is 0 Å². The number of carboxylic acid groups (broad SMARTS) is 1. The minimum absolute atomic E-state index is 0.0545. The number of rotatable bonds is 3. The Kier molecular flexibility index (Phi) is 3.93. The topological polar surface area (TPSA) is 46.5 Å². The Morgan fingerprint density at radius 1 is 1.16 bits per heavy atom. The molecule has 1 N–H and O–H groups in total. The van der Waals surface area contributed by atoms with Gasteiger partial charge in [-0.2, -0.15) is 0 Å². The summed E-state index contributed by atoms with van der Waals surface area (Å²) in [5, 5.41) is 9.18. The van der Waals surface area contributed by atoms with Crippen LogP contribution < -0.4 is 4.74 Å². The molecule has 0 unspecified atom stereocenters. The lowest BCUT2D eigenvalue weighted by Crippen LogP contribution is -2.00. The number of hydrogen-bond acceptors (Lipinski definition) is 2. The molecule has 0 atom stereocenters. The Morgan fingerprint density at radius 2 is 1.89 bits per heavy atom. The van der Waals surface area contributed by atoms with E-state index in [1.165, 1.54) is 36.4 Å². The minimum atomic E-state index is -1.20. The molecule has 19 heavy (non-hydrogen) atoms. The standard InChI is InChI=1S/C13H7Cl2FO3/c14-7-4-5-8(13(17)18)11(6-7)19-10-3-1-2-9(15)12(10)16/h1-6H,(H,17,18). The zero-order valence-corrected chi connectivity index (χ0v) is 10.9. The molecule has 0 saturated heterocycles. The first-order valence-electron chi connectivity index (χ1n) is 5.13. The van der Waals surface area contributed by atoms with E-state index in [-0.39, 0.29) is 27.1 Å². The maximum Gasteiger partial charge on any atom is 0.339 e. The average molecular weight is 301 g/mol. The van der Waals surface area contributed by atoms with Crippen LogP contribution in [0.25, 0.3) is 0 Å². The SMILES string of the molecule is O=C(O)c1ccc(Cl)cc1Oc1cccc(Cl)c1F. The van der Waals surface area contributed by atoms with Gasteiger partial charge in [0.15, 0.2) is 11.6 Å². The molecular formula is C13H7Cl2FO3. The average Bonchev–Trinajstić information content (AvgIpc) is 2.35. The van der Waals surface area contributed by atoms with E-state index in [1.807, 2.05) is 0 Å². The molecule has 0 aliphatic carbocycles. The van der Waals surface area contributed by atoms with Crippen LogP contribution in [0.1, 0.15) is 10.4 Å². The number of carbonyl (C=O) groups is 1. The first-order valence-corrected chi connectivity index (χ1v) is 5.89.